The summed E-state index contributed by atoms with van der Waals surface area (Å²) in [6.07, 6.45) is 17.8. The molecule has 306 valence electrons. The van der Waals surface area contributed by atoms with E-state index in [4.69, 9.17) is 5.11 Å². The fourth-order valence-corrected chi connectivity index (χ4v) is 8.61. The maximum absolute atomic E-state index is 16.0. The van der Waals surface area contributed by atoms with Gasteiger partial charge >= 0.3 is 5.97 Å². The number of hydrogen-bond acceptors (Lipinski definition) is 7. The minimum Gasteiger partial charge on any atom is -0.748 e. The van der Waals surface area contributed by atoms with Crippen molar-refractivity contribution in [2.45, 2.75) is 95.3 Å². The number of benzene rings is 2. The van der Waals surface area contributed by atoms with E-state index in [9.17, 15) is 35.1 Å². The lowest BCUT2D eigenvalue weighted by Gasteiger charge is -2.34. The van der Waals surface area contributed by atoms with E-state index in [1.165, 1.54) is 0 Å². The number of fused-ring (bicyclic) bond motifs is 2. The fourth-order valence-electron chi connectivity index (χ4n) is 7.49. The summed E-state index contributed by atoms with van der Waals surface area (Å²) in [5.74, 6) is -9.48. The van der Waals surface area contributed by atoms with Crippen molar-refractivity contribution in [3.8, 4) is 0 Å². The Kier molecular flexibility index (Phi) is 15.9. The van der Waals surface area contributed by atoms with Gasteiger partial charge in [-0.1, -0.05) is 87.3 Å². The number of anilines is 1. The van der Waals surface area contributed by atoms with Crippen molar-refractivity contribution in [1.82, 2.24) is 0 Å². The molecule has 2 aliphatic rings. The Bertz CT molecular complexity index is 2110. The molecule has 0 radical (unpaired) electrons. The number of carboxylic acid groups (broad SMARTS) is 1. The number of para-hydroxylation sites is 1. The molecule has 0 aromatic heterocycles. The van der Waals surface area contributed by atoms with Crippen LogP contribution in [-0.2, 0) is 30.4 Å². The van der Waals surface area contributed by atoms with Crippen molar-refractivity contribution < 1.29 is 53.4 Å². The third-order valence-electron chi connectivity index (χ3n) is 10.3. The summed E-state index contributed by atoms with van der Waals surface area (Å²) in [4.78, 5) is 12.9. The molecule has 4 rings (SSSR count). The lowest BCUT2D eigenvalue weighted by Crippen LogP contribution is -2.29. The molecule has 0 bridgehead atoms. The zero-order valence-electron chi connectivity index (χ0n) is 31.2. The Morgan fingerprint density at radius 2 is 1.59 bits per heavy atom. The number of carbonyl (C=O) groups is 1. The molecule has 0 saturated heterocycles. The minimum absolute atomic E-state index is 0.00150. The Morgan fingerprint density at radius 1 is 0.893 bits per heavy atom. The highest BCUT2D eigenvalue weighted by Crippen LogP contribution is 2.49. The minimum atomic E-state index is -4.31. The molecule has 2 atom stereocenters. The van der Waals surface area contributed by atoms with Gasteiger partial charge in [0.15, 0.2) is 23.3 Å². The average Bonchev–Trinajstić information content (AvgIpc) is 3.25. The number of hydrogen-bond donors (Lipinski definition) is 2. The molecule has 2 N–H and O–H groups in total. The van der Waals surface area contributed by atoms with Crippen LogP contribution in [0.4, 0.5) is 23.2 Å². The van der Waals surface area contributed by atoms with Crippen LogP contribution < -0.4 is 4.90 Å². The molecule has 2 unspecified atom stereocenters. The quantitative estimate of drug-likeness (QED) is 0.0333. The largest absolute Gasteiger partial charge is 0.748 e. The van der Waals surface area contributed by atoms with Crippen molar-refractivity contribution in [3.05, 3.63) is 119 Å². The molecule has 0 saturated carbocycles. The van der Waals surface area contributed by atoms with Crippen LogP contribution in [0.3, 0.4) is 0 Å². The number of rotatable bonds is 20. The molecule has 1 aliphatic carbocycles. The van der Waals surface area contributed by atoms with Crippen molar-refractivity contribution in [2.75, 3.05) is 23.0 Å². The molecule has 1 aliphatic heterocycles. The molecule has 9 nitrogen and oxygen atoms in total. The smallest absolute Gasteiger partial charge is 0.303 e. The van der Waals surface area contributed by atoms with Crippen LogP contribution in [0, 0.1) is 23.3 Å². The summed E-state index contributed by atoms with van der Waals surface area (Å²) in [7, 11) is -8.59. The molecule has 2 aromatic carbocycles. The van der Waals surface area contributed by atoms with Gasteiger partial charge in [-0.2, -0.15) is 8.42 Å². The first-order chi connectivity index (χ1) is 26.4. The summed E-state index contributed by atoms with van der Waals surface area (Å²) in [5.41, 5.74) is 1.14. The van der Waals surface area contributed by atoms with Crippen LogP contribution >= 0.6 is 0 Å². The fraction of sp³-hybridized carbons (Fsp3) is 0.439. The highest BCUT2D eigenvalue weighted by molar-refractivity contribution is 7.85. The summed E-state index contributed by atoms with van der Waals surface area (Å²) in [6, 6.07) is 7.63. The van der Waals surface area contributed by atoms with Crippen molar-refractivity contribution >= 4 is 37.5 Å². The SMILES string of the molecule is CC1(CCCCS(=O)(=O)O)C(/C=C/C=C/C=C2\C=CN(CCCCS(=O)(=O)[O-])c3ccccc32)=CCC(CCCCCCC(=O)O)c2c(F)c(F)c(F)c(F)c21. The number of unbranched alkanes of at least 4 members (excludes halogenated alkanes) is 5. The van der Waals surface area contributed by atoms with E-state index in [-0.39, 0.29) is 49.7 Å². The van der Waals surface area contributed by atoms with Crippen molar-refractivity contribution in [1.29, 1.82) is 0 Å². The average molecular weight is 823 g/mol. The predicted octanol–water partition coefficient (Wildman–Crippen LogP) is 9.25. The number of halogens is 4. The highest BCUT2D eigenvalue weighted by Gasteiger charge is 2.42. The normalized spacial score (nSPS) is 19.4. The van der Waals surface area contributed by atoms with Gasteiger partial charge < -0.3 is 14.6 Å². The monoisotopic (exact) mass is 822 g/mol. The Hall–Kier alpha value is -4.05. The number of carboxylic acids is 1. The standard InChI is InChI=1S/C41H49F4NO8S2/c1-41(24-11-13-27-55(49,50)51)31(22-21-30(16-5-2-3-8-20-34(47)48)35-36(41)38(43)40(45)39(44)37(35)42)17-7-4-6-15-29-23-26-46(25-12-14-28-56(52,53)54)33-19-10-9-18-32(29)33/h4,6-7,9-10,15,17-19,22-23,26,30H,2-3,5,8,11-14,16,20-21,24-25,27-28H2,1H3,(H,47,48)(H,49,50,51)(H,52,53,54)/p-1/b6-4+,17-7+,29-15+. The van der Waals surface area contributed by atoms with E-state index in [1.807, 2.05) is 47.5 Å². The second kappa shape index (κ2) is 19.9. The maximum Gasteiger partial charge on any atom is 0.303 e. The number of aliphatic carboxylic acids is 1. The van der Waals surface area contributed by atoms with Crippen molar-refractivity contribution in [3.63, 3.8) is 0 Å². The third kappa shape index (κ3) is 12.2. The van der Waals surface area contributed by atoms with Crippen LogP contribution in [0.15, 0.2) is 78.6 Å². The van der Waals surface area contributed by atoms with Crippen LogP contribution in [-0.4, -0.2) is 55.1 Å². The van der Waals surface area contributed by atoms with Gasteiger partial charge in [0, 0.05) is 52.7 Å². The Morgan fingerprint density at radius 3 is 2.30 bits per heavy atom. The molecule has 2 aromatic rings. The maximum atomic E-state index is 16.0. The molecule has 56 heavy (non-hydrogen) atoms. The summed E-state index contributed by atoms with van der Waals surface area (Å²) < 4.78 is 127. The van der Waals surface area contributed by atoms with E-state index in [2.05, 4.69) is 0 Å². The zero-order chi connectivity index (χ0) is 41.1. The van der Waals surface area contributed by atoms with Crippen LogP contribution in [0.1, 0.15) is 107 Å². The Labute approximate surface area is 326 Å². The van der Waals surface area contributed by atoms with Crippen LogP contribution in [0.25, 0.3) is 5.57 Å². The van der Waals surface area contributed by atoms with Gasteiger partial charge in [-0.3, -0.25) is 9.35 Å². The molecule has 0 amide bonds. The second-order valence-electron chi connectivity index (χ2n) is 14.4. The molecular weight excluding hydrogens is 775 g/mol. The molecule has 0 fully saturated rings. The molecular formula is C41H48F4NO8S2-. The lowest BCUT2D eigenvalue weighted by molar-refractivity contribution is -0.137. The van der Waals surface area contributed by atoms with Crippen LogP contribution in [0.5, 0.6) is 0 Å². The van der Waals surface area contributed by atoms with Gasteiger partial charge in [0.25, 0.3) is 10.1 Å². The first kappa shape index (κ1) is 44.7. The van der Waals surface area contributed by atoms with Gasteiger partial charge in [-0.05, 0) is 74.2 Å². The van der Waals surface area contributed by atoms with Crippen molar-refractivity contribution in [2.24, 2.45) is 0 Å². The second-order valence-corrected chi connectivity index (χ2v) is 17.5. The Balaban J connectivity index is 1.63. The van der Waals surface area contributed by atoms with E-state index < -0.39 is 72.3 Å². The first-order valence-electron chi connectivity index (χ1n) is 18.7. The lowest BCUT2D eigenvalue weighted by atomic mass is 9.70. The topological polar surface area (TPSA) is 152 Å². The highest BCUT2D eigenvalue weighted by atomic mass is 32.2. The predicted molar refractivity (Wildman–Crippen MR) is 208 cm³/mol. The first-order valence-corrected chi connectivity index (χ1v) is 21.9. The summed E-state index contributed by atoms with van der Waals surface area (Å²) in [6.45, 7) is 2.10. The summed E-state index contributed by atoms with van der Waals surface area (Å²) in [5, 5.41) is 8.92. The number of nitrogens with zero attached hydrogens (tertiary/aromatic N) is 1. The molecule has 15 heteroatoms. The number of allylic oxidation sites excluding steroid dienone is 9. The van der Waals surface area contributed by atoms with Gasteiger partial charge in [0.05, 0.1) is 15.9 Å². The van der Waals surface area contributed by atoms with E-state index in [0.29, 0.717) is 50.6 Å². The van der Waals surface area contributed by atoms with Gasteiger partial charge in [0.2, 0.25) is 0 Å². The van der Waals surface area contributed by atoms with E-state index in [1.54, 1.807) is 37.3 Å². The van der Waals surface area contributed by atoms with Crippen LogP contribution in [0.2, 0.25) is 0 Å². The van der Waals surface area contributed by atoms with E-state index in [0.717, 1.165) is 16.8 Å². The summed E-state index contributed by atoms with van der Waals surface area (Å²) >= 11 is 0. The third-order valence-corrected chi connectivity index (χ3v) is 11.9. The molecule has 1 heterocycles. The molecule has 0 spiro atoms. The van der Waals surface area contributed by atoms with Gasteiger partial charge in [-0.15, -0.1) is 0 Å². The van der Waals surface area contributed by atoms with Gasteiger partial charge in [-0.25, -0.2) is 26.0 Å². The van der Waals surface area contributed by atoms with E-state index >= 15 is 13.2 Å². The van der Waals surface area contributed by atoms with Gasteiger partial charge in [0.1, 0.15) is 0 Å². The zero-order valence-corrected chi connectivity index (χ0v) is 32.9.